The van der Waals surface area contributed by atoms with Crippen LogP contribution in [0, 0.1) is 5.92 Å². The first kappa shape index (κ1) is 19.9. The molecule has 1 saturated heterocycles. The lowest BCUT2D eigenvalue weighted by Crippen LogP contribution is -2.69. The standard InChI is InChI=1S/C23H25N3O4/c1-15(2)14-25-21(28)18-9-4-5-10-19(18)26-20(27)11-12-23(25,26)22(29)24-16-7-6-8-17(13-16)30-3/h4-10,13,15H,11-12,14H2,1-3H3,(H,24,29)/t23-/m1/s1. The Morgan fingerprint density at radius 1 is 1.17 bits per heavy atom. The molecule has 0 unspecified atom stereocenters. The first-order valence-electron chi connectivity index (χ1n) is 10.1. The van der Waals surface area contributed by atoms with Crippen LogP contribution in [0.2, 0.25) is 0 Å². The molecule has 156 valence electrons. The van der Waals surface area contributed by atoms with E-state index in [0.29, 0.717) is 29.2 Å². The van der Waals surface area contributed by atoms with Gasteiger partial charge in [-0.25, -0.2) is 0 Å². The molecule has 0 bridgehead atoms. The number of para-hydroxylation sites is 1. The molecule has 1 fully saturated rings. The number of amides is 3. The summed E-state index contributed by atoms with van der Waals surface area (Å²) in [7, 11) is 1.55. The van der Waals surface area contributed by atoms with E-state index < -0.39 is 11.6 Å². The maximum atomic E-state index is 13.7. The van der Waals surface area contributed by atoms with Crippen molar-refractivity contribution >= 4 is 29.1 Å². The minimum absolute atomic E-state index is 0.123. The Morgan fingerprint density at radius 3 is 2.67 bits per heavy atom. The van der Waals surface area contributed by atoms with Crippen LogP contribution in [-0.2, 0) is 9.59 Å². The smallest absolute Gasteiger partial charge is 0.271 e. The third kappa shape index (κ3) is 3.01. The van der Waals surface area contributed by atoms with Crippen molar-refractivity contribution < 1.29 is 19.1 Å². The van der Waals surface area contributed by atoms with Gasteiger partial charge in [-0.1, -0.05) is 32.0 Å². The van der Waals surface area contributed by atoms with Crippen LogP contribution < -0.4 is 15.0 Å². The van der Waals surface area contributed by atoms with Gasteiger partial charge in [-0.15, -0.1) is 0 Å². The Morgan fingerprint density at radius 2 is 1.93 bits per heavy atom. The lowest BCUT2D eigenvalue weighted by atomic mass is 9.94. The van der Waals surface area contributed by atoms with Gasteiger partial charge >= 0.3 is 0 Å². The Labute approximate surface area is 175 Å². The fourth-order valence-electron chi connectivity index (χ4n) is 4.33. The molecule has 2 aromatic carbocycles. The maximum absolute atomic E-state index is 13.7. The third-order valence-corrected chi connectivity index (χ3v) is 5.61. The quantitative estimate of drug-likeness (QED) is 0.825. The largest absolute Gasteiger partial charge is 0.497 e. The second kappa shape index (κ2) is 7.48. The summed E-state index contributed by atoms with van der Waals surface area (Å²) in [5.41, 5.74) is 0.0865. The van der Waals surface area contributed by atoms with Gasteiger partial charge in [0.15, 0.2) is 0 Å². The topological polar surface area (TPSA) is 79.0 Å². The fourth-order valence-corrected chi connectivity index (χ4v) is 4.33. The second-order valence-corrected chi connectivity index (χ2v) is 8.06. The van der Waals surface area contributed by atoms with Crippen molar-refractivity contribution in [2.24, 2.45) is 5.92 Å². The summed E-state index contributed by atoms with van der Waals surface area (Å²) in [5, 5.41) is 2.92. The van der Waals surface area contributed by atoms with Crippen LogP contribution in [0.5, 0.6) is 5.75 Å². The molecule has 0 spiro atoms. The molecule has 0 aromatic heterocycles. The zero-order chi connectivity index (χ0) is 21.5. The van der Waals surface area contributed by atoms with Crippen LogP contribution in [0.1, 0.15) is 37.0 Å². The van der Waals surface area contributed by atoms with Gasteiger partial charge in [0.2, 0.25) is 11.6 Å². The number of ether oxygens (including phenoxy) is 1. The van der Waals surface area contributed by atoms with Gasteiger partial charge in [0, 0.05) is 31.1 Å². The van der Waals surface area contributed by atoms with Crippen LogP contribution >= 0.6 is 0 Å². The molecular formula is C23H25N3O4. The number of fused-ring (bicyclic) bond motifs is 3. The van der Waals surface area contributed by atoms with Crippen molar-refractivity contribution in [2.45, 2.75) is 32.4 Å². The van der Waals surface area contributed by atoms with Gasteiger partial charge in [-0.05, 0) is 30.2 Å². The molecule has 2 heterocycles. The highest BCUT2D eigenvalue weighted by Crippen LogP contribution is 2.45. The number of rotatable bonds is 5. The van der Waals surface area contributed by atoms with E-state index in [4.69, 9.17) is 4.74 Å². The van der Waals surface area contributed by atoms with Gasteiger partial charge in [0.25, 0.3) is 11.8 Å². The van der Waals surface area contributed by atoms with E-state index in [0.717, 1.165) is 0 Å². The summed E-state index contributed by atoms with van der Waals surface area (Å²) in [4.78, 5) is 43.2. The normalized spacial score (nSPS) is 20.3. The minimum Gasteiger partial charge on any atom is -0.497 e. The van der Waals surface area contributed by atoms with Crippen molar-refractivity contribution in [1.29, 1.82) is 0 Å². The first-order chi connectivity index (χ1) is 14.4. The molecule has 0 saturated carbocycles. The molecule has 4 rings (SSSR count). The van der Waals surface area contributed by atoms with Crippen molar-refractivity contribution in [3.63, 3.8) is 0 Å². The number of nitrogens with zero attached hydrogens (tertiary/aromatic N) is 2. The first-order valence-corrected chi connectivity index (χ1v) is 10.1. The van der Waals surface area contributed by atoms with E-state index in [1.165, 1.54) is 4.90 Å². The molecule has 2 aliphatic rings. The molecule has 2 aliphatic heterocycles. The number of anilines is 2. The highest BCUT2D eigenvalue weighted by molar-refractivity contribution is 6.18. The van der Waals surface area contributed by atoms with E-state index >= 15 is 0 Å². The number of hydrogen-bond donors (Lipinski definition) is 1. The zero-order valence-electron chi connectivity index (χ0n) is 17.3. The van der Waals surface area contributed by atoms with E-state index in [9.17, 15) is 14.4 Å². The molecular weight excluding hydrogens is 382 g/mol. The average molecular weight is 407 g/mol. The van der Waals surface area contributed by atoms with Crippen molar-refractivity contribution in [3.8, 4) is 5.75 Å². The van der Waals surface area contributed by atoms with Crippen LogP contribution in [0.15, 0.2) is 48.5 Å². The Kier molecular flexibility index (Phi) is 4.97. The molecule has 1 atom stereocenters. The monoisotopic (exact) mass is 407 g/mol. The van der Waals surface area contributed by atoms with E-state index in [1.807, 2.05) is 13.8 Å². The predicted molar refractivity (Wildman–Crippen MR) is 113 cm³/mol. The number of carbonyl (C=O) groups is 3. The summed E-state index contributed by atoms with van der Waals surface area (Å²) >= 11 is 0. The molecule has 3 amide bonds. The highest BCUT2D eigenvalue weighted by Gasteiger charge is 2.60. The van der Waals surface area contributed by atoms with Gasteiger partial charge in [0.1, 0.15) is 5.75 Å². The summed E-state index contributed by atoms with van der Waals surface area (Å²) in [6, 6.07) is 14.0. The number of benzene rings is 2. The number of carbonyl (C=O) groups excluding carboxylic acids is 3. The third-order valence-electron chi connectivity index (χ3n) is 5.61. The molecule has 7 heteroatoms. The van der Waals surface area contributed by atoms with Crippen LogP contribution in [0.25, 0.3) is 0 Å². The summed E-state index contributed by atoms with van der Waals surface area (Å²) in [6.45, 7) is 4.34. The van der Waals surface area contributed by atoms with E-state index in [-0.39, 0.29) is 30.6 Å². The van der Waals surface area contributed by atoms with Crippen LogP contribution in [-0.4, -0.2) is 41.9 Å². The number of hydrogen-bond acceptors (Lipinski definition) is 4. The van der Waals surface area contributed by atoms with E-state index in [2.05, 4.69) is 5.32 Å². The highest BCUT2D eigenvalue weighted by atomic mass is 16.5. The lowest BCUT2D eigenvalue weighted by molar-refractivity contribution is -0.129. The maximum Gasteiger partial charge on any atom is 0.271 e. The van der Waals surface area contributed by atoms with Gasteiger partial charge in [-0.2, -0.15) is 0 Å². The molecule has 0 radical (unpaired) electrons. The molecule has 2 aromatic rings. The van der Waals surface area contributed by atoms with Crippen molar-refractivity contribution in [3.05, 3.63) is 54.1 Å². The summed E-state index contributed by atoms with van der Waals surface area (Å²) in [5.74, 6) is -0.0623. The van der Waals surface area contributed by atoms with Gasteiger partial charge < -0.3 is 15.0 Å². The second-order valence-electron chi connectivity index (χ2n) is 8.06. The Hall–Kier alpha value is -3.35. The van der Waals surface area contributed by atoms with Crippen LogP contribution in [0.3, 0.4) is 0 Å². The lowest BCUT2D eigenvalue weighted by Gasteiger charge is -2.49. The predicted octanol–water partition coefficient (Wildman–Crippen LogP) is 3.27. The summed E-state index contributed by atoms with van der Waals surface area (Å²) in [6.07, 6.45) is 0.441. The van der Waals surface area contributed by atoms with Crippen LogP contribution in [0.4, 0.5) is 11.4 Å². The molecule has 0 aliphatic carbocycles. The average Bonchev–Trinajstić information content (AvgIpc) is 3.09. The SMILES string of the molecule is COc1cccc(NC(=O)[C@@]23CCC(=O)N2c2ccccc2C(=O)N3CC(C)C)c1. The Balaban J connectivity index is 1.83. The number of nitrogens with one attached hydrogen (secondary N) is 1. The van der Waals surface area contributed by atoms with Gasteiger partial charge in [-0.3, -0.25) is 19.3 Å². The molecule has 7 nitrogen and oxygen atoms in total. The molecule has 30 heavy (non-hydrogen) atoms. The fraction of sp³-hybridized carbons (Fsp3) is 0.348. The number of methoxy groups -OCH3 is 1. The van der Waals surface area contributed by atoms with Crippen molar-refractivity contribution in [1.82, 2.24) is 4.90 Å². The molecule has 1 N–H and O–H groups in total. The van der Waals surface area contributed by atoms with Gasteiger partial charge in [0.05, 0.1) is 18.4 Å². The van der Waals surface area contributed by atoms with E-state index in [1.54, 1.807) is 60.5 Å². The minimum atomic E-state index is -1.39. The van der Waals surface area contributed by atoms with Crippen molar-refractivity contribution in [2.75, 3.05) is 23.9 Å². The zero-order valence-corrected chi connectivity index (χ0v) is 17.3. The Bertz CT molecular complexity index is 1020. The summed E-state index contributed by atoms with van der Waals surface area (Å²) < 4.78 is 5.24.